The molecule has 2 rings (SSSR count). The summed E-state index contributed by atoms with van der Waals surface area (Å²) in [4.78, 5) is 26.8. The molecule has 0 aromatic heterocycles. The molecule has 1 saturated heterocycles. The molecule has 1 heterocycles. The molecule has 0 bridgehead atoms. The monoisotopic (exact) mass is 385 g/mol. The molecule has 0 aliphatic carbocycles. The zero-order valence-corrected chi connectivity index (χ0v) is 15.4. The van der Waals surface area contributed by atoms with Gasteiger partial charge < -0.3 is 9.64 Å². The number of thioether (sulfide) groups is 1. The molecule has 1 aliphatic rings. The van der Waals surface area contributed by atoms with Gasteiger partial charge in [-0.25, -0.2) is 4.79 Å². The number of nitrogens with zero attached hydrogens (tertiary/aromatic N) is 1. The van der Waals surface area contributed by atoms with Crippen molar-refractivity contribution in [2.24, 2.45) is 0 Å². The van der Waals surface area contributed by atoms with Gasteiger partial charge in [-0.1, -0.05) is 15.9 Å². The van der Waals surface area contributed by atoms with Crippen LogP contribution in [0.25, 0.3) is 0 Å². The minimum atomic E-state index is -0.539. The molecule has 6 heteroatoms. The summed E-state index contributed by atoms with van der Waals surface area (Å²) >= 11 is 4.95. The Bertz CT molecular complexity index is 554. The third kappa shape index (κ3) is 5.02. The summed E-state index contributed by atoms with van der Waals surface area (Å²) in [7, 11) is 0. The SMILES string of the molecule is CC(C)(C)OC(=O)N1CCC(Sc2ccc(Br)cc2)C(=O)C1. The van der Waals surface area contributed by atoms with Crippen LogP contribution < -0.4 is 0 Å². The second-order valence-electron chi connectivity index (χ2n) is 6.22. The van der Waals surface area contributed by atoms with E-state index in [9.17, 15) is 9.59 Å². The van der Waals surface area contributed by atoms with Crippen LogP contribution >= 0.6 is 27.7 Å². The number of likely N-dealkylation sites (tertiary alicyclic amines) is 1. The Balaban J connectivity index is 1.91. The lowest BCUT2D eigenvalue weighted by molar-refractivity contribution is -0.121. The molecule has 1 unspecified atom stereocenters. The fourth-order valence-corrected chi connectivity index (χ4v) is 3.40. The van der Waals surface area contributed by atoms with Gasteiger partial charge >= 0.3 is 6.09 Å². The molecule has 22 heavy (non-hydrogen) atoms. The molecule has 0 radical (unpaired) electrons. The van der Waals surface area contributed by atoms with Crippen LogP contribution in [-0.2, 0) is 9.53 Å². The van der Waals surface area contributed by atoms with E-state index in [0.29, 0.717) is 13.0 Å². The maximum atomic E-state index is 12.3. The number of carbonyl (C=O) groups excluding carboxylic acids is 2. The quantitative estimate of drug-likeness (QED) is 0.767. The standard InChI is InChI=1S/C16H20BrNO3S/c1-16(2,3)21-15(20)18-9-8-14(13(19)10-18)22-12-6-4-11(17)5-7-12/h4-7,14H,8-10H2,1-3H3. The maximum absolute atomic E-state index is 12.3. The number of Topliss-reactive ketones (excluding diaryl/α,β-unsaturated/α-hetero) is 1. The van der Waals surface area contributed by atoms with Gasteiger partial charge in [-0.3, -0.25) is 4.79 Å². The van der Waals surface area contributed by atoms with Gasteiger partial charge in [-0.2, -0.15) is 0 Å². The van der Waals surface area contributed by atoms with E-state index >= 15 is 0 Å². The largest absolute Gasteiger partial charge is 0.444 e. The summed E-state index contributed by atoms with van der Waals surface area (Å²) in [5.41, 5.74) is -0.539. The van der Waals surface area contributed by atoms with E-state index in [4.69, 9.17) is 4.74 Å². The number of ketones is 1. The molecule has 0 spiro atoms. The molecule has 1 atom stereocenters. The number of piperidine rings is 1. The van der Waals surface area contributed by atoms with E-state index in [-0.39, 0.29) is 17.6 Å². The third-order valence-corrected chi connectivity index (χ3v) is 4.97. The van der Waals surface area contributed by atoms with Gasteiger partial charge in [-0.05, 0) is 51.5 Å². The summed E-state index contributed by atoms with van der Waals surface area (Å²) in [5, 5.41) is -0.0973. The van der Waals surface area contributed by atoms with Gasteiger partial charge in [0.2, 0.25) is 0 Å². The van der Waals surface area contributed by atoms with Crippen molar-refractivity contribution in [1.82, 2.24) is 4.90 Å². The molecule has 0 N–H and O–H groups in total. The highest BCUT2D eigenvalue weighted by Crippen LogP contribution is 2.30. The number of rotatable bonds is 2. The molecule has 1 aromatic carbocycles. The molecular weight excluding hydrogens is 366 g/mol. The zero-order chi connectivity index (χ0) is 16.3. The van der Waals surface area contributed by atoms with Crippen molar-refractivity contribution in [1.29, 1.82) is 0 Å². The number of carbonyl (C=O) groups is 2. The Kier molecular flexibility index (Phi) is 5.55. The van der Waals surface area contributed by atoms with Gasteiger partial charge in [0.1, 0.15) is 5.60 Å². The Hall–Kier alpha value is -1.01. The van der Waals surface area contributed by atoms with E-state index in [1.54, 1.807) is 11.8 Å². The van der Waals surface area contributed by atoms with Crippen LogP contribution in [0.3, 0.4) is 0 Å². The van der Waals surface area contributed by atoms with Crippen LogP contribution in [0.4, 0.5) is 4.79 Å². The lowest BCUT2D eigenvalue weighted by Crippen LogP contribution is -2.47. The minimum Gasteiger partial charge on any atom is -0.444 e. The van der Waals surface area contributed by atoms with Gasteiger partial charge in [0.15, 0.2) is 5.78 Å². The van der Waals surface area contributed by atoms with E-state index in [2.05, 4.69) is 15.9 Å². The second-order valence-corrected chi connectivity index (χ2v) is 8.41. The molecule has 120 valence electrons. The van der Waals surface area contributed by atoms with Gasteiger partial charge in [-0.15, -0.1) is 11.8 Å². The summed E-state index contributed by atoms with van der Waals surface area (Å²) in [6.07, 6.45) is 0.242. The van der Waals surface area contributed by atoms with Crippen molar-refractivity contribution in [3.63, 3.8) is 0 Å². The van der Waals surface area contributed by atoms with E-state index < -0.39 is 11.7 Å². The molecule has 4 nitrogen and oxygen atoms in total. The Labute approximate surface area is 143 Å². The predicted molar refractivity (Wildman–Crippen MR) is 91.2 cm³/mol. The molecule has 1 aromatic rings. The van der Waals surface area contributed by atoms with Crippen molar-refractivity contribution in [2.75, 3.05) is 13.1 Å². The van der Waals surface area contributed by atoms with Crippen molar-refractivity contribution >= 4 is 39.6 Å². The maximum Gasteiger partial charge on any atom is 0.410 e. The summed E-state index contributed by atoms with van der Waals surface area (Å²) in [5.74, 6) is 0.0741. The van der Waals surface area contributed by atoms with Gasteiger partial charge in [0, 0.05) is 15.9 Å². The fraction of sp³-hybridized carbons (Fsp3) is 0.500. The highest BCUT2D eigenvalue weighted by Gasteiger charge is 2.32. The first-order valence-electron chi connectivity index (χ1n) is 7.17. The lowest BCUT2D eigenvalue weighted by Gasteiger charge is -2.32. The lowest BCUT2D eigenvalue weighted by atomic mass is 10.1. The van der Waals surface area contributed by atoms with Crippen molar-refractivity contribution in [2.45, 2.75) is 42.9 Å². The van der Waals surface area contributed by atoms with Crippen molar-refractivity contribution in [3.8, 4) is 0 Å². The second kappa shape index (κ2) is 7.04. The minimum absolute atomic E-state index is 0.0741. The van der Waals surface area contributed by atoms with E-state index in [1.807, 2.05) is 45.0 Å². The summed E-state index contributed by atoms with van der Waals surface area (Å²) < 4.78 is 6.33. The molecular formula is C16H20BrNO3S. The van der Waals surface area contributed by atoms with Crippen LogP contribution in [0.15, 0.2) is 33.6 Å². The van der Waals surface area contributed by atoms with Gasteiger partial charge in [0.05, 0.1) is 11.8 Å². The van der Waals surface area contributed by atoms with Crippen LogP contribution in [0.1, 0.15) is 27.2 Å². The number of ether oxygens (including phenoxy) is 1. The topological polar surface area (TPSA) is 46.6 Å². The number of halogens is 1. The predicted octanol–water partition coefficient (Wildman–Crippen LogP) is 4.12. The van der Waals surface area contributed by atoms with Crippen LogP contribution in [0, 0.1) is 0 Å². The average molecular weight is 386 g/mol. The van der Waals surface area contributed by atoms with E-state index in [0.717, 1.165) is 9.37 Å². The van der Waals surface area contributed by atoms with Crippen molar-refractivity contribution in [3.05, 3.63) is 28.7 Å². The van der Waals surface area contributed by atoms with Crippen LogP contribution in [-0.4, -0.2) is 40.7 Å². The first-order valence-corrected chi connectivity index (χ1v) is 8.85. The van der Waals surface area contributed by atoms with Crippen molar-refractivity contribution < 1.29 is 14.3 Å². The average Bonchev–Trinajstić information content (AvgIpc) is 2.41. The Morgan fingerprint density at radius 1 is 1.32 bits per heavy atom. The number of amides is 1. The zero-order valence-electron chi connectivity index (χ0n) is 13.0. The molecule has 1 fully saturated rings. The highest BCUT2D eigenvalue weighted by molar-refractivity contribution is 9.10. The number of hydrogen-bond donors (Lipinski definition) is 0. The molecule has 1 aliphatic heterocycles. The first kappa shape index (κ1) is 17.3. The normalized spacial score (nSPS) is 19.2. The Morgan fingerprint density at radius 2 is 1.95 bits per heavy atom. The molecule has 0 saturated carbocycles. The summed E-state index contributed by atoms with van der Waals surface area (Å²) in [6, 6.07) is 7.90. The smallest absolute Gasteiger partial charge is 0.410 e. The van der Waals surface area contributed by atoms with Gasteiger partial charge in [0.25, 0.3) is 0 Å². The Morgan fingerprint density at radius 3 is 2.50 bits per heavy atom. The number of benzene rings is 1. The van der Waals surface area contributed by atoms with Crippen LogP contribution in [0.2, 0.25) is 0 Å². The summed E-state index contributed by atoms with van der Waals surface area (Å²) in [6.45, 7) is 6.15. The third-order valence-electron chi connectivity index (χ3n) is 3.11. The van der Waals surface area contributed by atoms with Crippen LogP contribution in [0.5, 0.6) is 0 Å². The highest BCUT2D eigenvalue weighted by atomic mass is 79.9. The fourth-order valence-electron chi connectivity index (χ4n) is 2.09. The first-order chi connectivity index (χ1) is 10.2. The van der Waals surface area contributed by atoms with E-state index in [1.165, 1.54) is 4.90 Å². The number of hydrogen-bond acceptors (Lipinski definition) is 4. The molecule has 1 amide bonds.